The summed E-state index contributed by atoms with van der Waals surface area (Å²) >= 11 is 0. The van der Waals surface area contributed by atoms with Gasteiger partial charge in [-0.25, -0.2) is 9.78 Å². The maximum atomic E-state index is 10.9. The summed E-state index contributed by atoms with van der Waals surface area (Å²) in [6.45, 7) is 8.42. The van der Waals surface area contributed by atoms with Crippen LogP contribution in [-0.2, 0) is 14.6 Å². The van der Waals surface area contributed by atoms with Crippen molar-refractivity contribution < 1.29 is 19.7 Å². The molecule has 0 fully saturated rings. The summed E-state index contributed by atoms with van der Waals surface area (Å²) in [5.74, 6) is -0.428. The molecule has 126 valence electrons. The SMILES string of the molecule is CC/C=C/[C@H](CC)C[C@]1(CC)C=C(CC)[C@H](CC(=O)O)OO1. The van der Waals surface area contributed by atoms with Crippen LogP contribution >= 0.6 is 0 Å². The van der Waals surface area contributed by atoms with Gasteiger partial charge in [0.25, 0.3) is 0 Å². The van der Waals surface area contributed by atoms with Crippen molar-refractivity contribution >= 4 is 5.97 Å². The average molecular weight is 310 g/mol. The summed E-state index contributed by atoms with van der Waals surface area (Å²) in [5, 5.41) is 8.98. The molecule has 1 aliphatic rings. The summed E-state index contributed by atoms with van der Waals surface area (Å²) in [5.41, 5.74) is 0.587. The van der Waals surface area contributed by atoms with Gasteiger partial charge in [-0.1, -0.05) is 39.8 Å². The van der Waals surface area contributed by atoms with E-state index in [0.717, 1.165) is 37.7 Å². The van der Waals surface area contributed by atoms with E-state index in [0.29, 0.717) is 5.92 Å². The zero-order valence-corrected chi connectivity index (χ0v) is 14.3. The van der Waals surface area contributed by atoms with Crippen LogP contribution in [0.5, 0.6) is 0 Å². The van der Waals surface area contributed by atoms with E-state index in [4.69, 9.17) is 14.9 Å². The van der Waals surface area contributed by atoms with Crippen molar-refractivity contribution in [2.45, 2.75) is 77.9 Å². The number of carboxylic acid groups (broad SMARTS) is 1. The maximum absolute atomic E-state index is 10.9. The Balaban J connectivity index is 2.93. The summed E-state index contributed by atoms with van der Waals surface area (Å²) in [7, 11) is 0. The van der Waals surface area contributed by atoms with Gasteiger partial charge in [-0.15, -0.1) is 0 Å². The molecule has 4 nitrogen and oxygen atoms in total. The topological polar surface area (TPSA) is 55.8 Å². The first kappa shape index (κ1) is 18.9. The minimum atomic E-state index is -0.866. The van der Waals surface area contributed by atoms with Crippen LogP contribution in [0, 0.1) is 5.92 Å². The Bertz CT molecular complexity index is 413. The summed E-state index contributed by atoms with van der Waals surface area (Å²) < 4.78 is 0. The second kappa shape index (κ2) is 9.11. The Morgan fingerprint density at radius 3 is 2.64 bits per heavy atom. The highest BCUT2D eigenvalue weighted by Crippen LogP contribution is 2.36. The van der Waals surface area contributed by atoms with Crippen LogP contribution in [0.15, 0.2) is 23.8 Å². The molecule has 4 heteroatoms. The zero-order chi connectivity index (χ0) is 16.6. The van der Waals surface area contributed by atoms with Crippen molar-refractivity contribution in [3.8, 4) is 0 Å². The van der Waals surface area contributed by atoms with Gasteiger partial charge in [0.15, 0.2) is 0 Å². The standard InChI is InChI=1S/C18H30O4/c1-5-9-10-14(6-2)12-18(8-4)13-15(7-3)16(21-22-18)11-17(19)20/h9-10,13-14,16H,5-8,11-12H2,1-4H3,(H,19,20)/b10-9+/t14-,16-,18+/m0/s1. The lowest BCUT2D eigenvalue weighted by Gasteiger charge is -2.38. The smallest absolute Gasteiger partial charge is 0.306 e. The van der Waals surface area contributed by atoms with Gasteiger partial charge in [0.05, 0.1) is 6.42 Å². The molecule has 1 rings (SSSR count). The van der Waals surface area contributed by atoms with E-state index in [1.165, 1.54) is 0 Å². The summed E-state index contributed by atoms with van der Waals surface area (Å²) in [4.78, 5) is 22.1. The molecular weight excluding hydrogens is 280 g/mol. The lowest BCUT2D eigenvalue weighted by Crippen LogP contribution is -2.40. The lowest BCUT2D eigenvalue weighted by atomic mass is 9.83. The molecule has 0 bridgehead atoms. The van der Waals surface area contributed by atoms with Crippen LogP contribution in [0.4, 0.5) is 0 Å². The second-order valence-corrected chi connectivity index (χ2v) is 5.97. The first-order chi connectivity index (χ1) is 10.5. The number of hydrogen-bond acceptors (Lipinski definition) is 3. The molecule has 0 spiro atoms. The van der Waals surface area contributed by atoms with Crippen LogP contribution in [0.2, 0.25) is 0 Å². The highest BCUT2D eigenvalue weighted by molar-refractivity contribution is 5.68. The summed E-state index contributed by atoms with van der Waals surface area (Å²) in [6.07, 6.45) is 10.6. The van der Waals surface area contributed by atoms with Crippen LogP contribution < -0.4 is 0 Å². The largest absolute Gasteiger partial charge is 0.481 e. The molecule has 0 amide bonds. The van der Waals surface area contributed by atoms with Crippen LogP contribution in [-0.4, -0.2) is 22.8 Å². The third-order valence-electron chi connectivity index (χ3n) is 4.34. The minimum absolute atomic E-state index is 0.0492. The van der Waals surface area contributed by atoms with Gasteiger partial charge in [-0.2, -0.15) is 0 Å². The molecular formula is C18H30O4. The Morgan fingerprint density at radius 1 is 1.41 bits per heavy atom. The van der Waals surface area contributed by atoms with Gasteiger partial charge in [0.2, 0.25) is 0 Å². The Hall–Kier alpha value is -1.13. The predicted molar refractivity (Wildman–Crippen MR) is 87.4 cm³/mol. The molecule has 0 saturated heterocycles. The fraction of sp³-hybridized carbons (Fsp3) is 0.722. The molecule has 0 aliphatic carbocycles. The van der Waals surface area contributed by atoms with E-state index in [1.54, 1.807) is 0 Å². The van der Waals surface area contributed by atoms with Crippen molar-refractivity contribution in [3.05, 3.63) is 23.8 Å². The number of allylic oxidation sites excluding steroid dienone is 2. The molecule has 3 atom stereocenters. The third kappa shape index (κ3) is 5.25. The normalized spacial score (nSPS) is 26.9. The van der Waals surface area contributed by atoms with Gasteiger partial charge in [-0.05, 0) is 49.7 Å². The van der Waals surface area contributed by atoms with Gasteiger partial charge >= 0.3 is 5.97 Å². The number of aliphatic carboxylic acids is 1. The van der Waals surface area contributed by atoms with E-state index < -0.39 is 17.7 Å². The van der Waals surface area contributed by atoms with Gasteiger partial charge in [0, 0.05) is 0 Å². The van der Waals surface area contributed by atoms with Crippen molar-refractivity contribution in [2.24, 2.45) is 5.92 Å². The van der Waals surface area contributed by atoms with Crippen molar-refractivity contribution in [1.82, 2.24) is 0 Å². The van der Waals surface area contributed by atoms with Gasteiger partial charge < -0.3 is 5.11 Å². The molecule has 0 saturated carbocycles. The summed E-state index contributed by atoms with van der Waals surface area (Å²) in [6, 6.07) is 0. The lowest BCUT2D eigenvalue weighted by molar-refractivity contribution is -0.378. The van der Waals surface area contributed by atoms with Crippen LogP contribution in [0.3, 0.4) is 0 Å². The first-order valence-electron chi connectivity index (χ1n) is 8.44. The third-order valence-corrected chi connectivity index (χ3v) is 4.34. The Labute approximate surface area is 134 Å². The van der Waals surface area contributed by atoms with Crippen LogP contribution in [0.25, 0.3) is 0 Å². The molecule has 0 aromatic carbocycles. The van der Waals surface area contributed by atoms with E-state index >= 15 is 0 Å². The van der Waals surface area contributed by atoms with E-state index in [9.17, 15) is 4.79 Å². The number of carboxylic acids is 1. The molecule has 1 heterocycles. The minimum Gasteiger partial charge on any atom is -0.481 e. The highest BCUT2D eigenvalue weighted by Gasteiger charge is 2.37. The van der Waals surface area contributed by atoms with E-state index in [1.807, 2.05) is 6.92 Å². The Kier molecular flexibility index (Phi) is 7.83. The fourth-order valence-corrected chi connectivity index (χ4v) is 2.84. The molecule has 0 radical (unpaired) electrons. The molecule has 1 N–H and O–H groups in total. The second-order valence-electron chi connectivity index (χ2n) is 5.97. The number of rotatable bonds is 9. The van der Waals surface area contributed by atoms with Gasteiger partial charge in [0.1, 0.15) is 11.7 Å². The van der Waals surface area contributed by atoms with Crippen molar-refractivity contribution in [2.75, 3.05) is 0 Å². The van der Waals surface area contributed by atoms with Crippen LogP contribution in [0.1, 0.15) is 66.2 Å². The zero-order valence-electron chi connectivity index (χ0n) is 14.3. The molecule has 1 aliphatic heterocycles. The van der Waals surface area contributed by atoms with E-state index in [2.05, 4.69) is 39.0 Å². The van der Waals surface area contributed by atoms with Gasteiger partial charge in [-0.3, -0.25) is 4.79 Å². The first-order valence-corrected chi connectivity index (χ1v) is 8.44. The monoisotopic (exact) mass is 310 g/mol. The molecule has 0 unspecified atom stereocenters. The van der Waals surface area contributed by atoms with Crippen molar-refractivity contribution in [3.63, 3.8) is 0 Å². The maximum Gasteiger partial charge on any atom is 0.306 e. The Morgan fingerprint density at radius 2 is 2.14 bits per heavy atom. The highest BCUT2D eigenvalue weighted by atomic mass is 17.2. The molecule has 22 heavy (non-hydrogen) atoms. The number of hydrogen-bond donors (Lipinski definition) is 1. The molecule has 0 aromatic heterocycles. The predicted octanol–water partition coefficient (Wildman–Crippen LogP) is 4.66. The molecule has 0 aromatic rings. The quantitative estimate of drug-likeness (QED) is 0.497. The van der Waals surface area contributed by atoms with Crippen molar-refractivity contribution in [1.29, 1.82) is 0 Å². The van der Waals surface area contributed by atoms with E-state index in [-0.39, 0.29) is 6.42 Å². The average Bonchev–Trinajstić information content (AvgIpc) is 2.52. The fourth-order valence-electron chi connectivity index (χ4n) is 2.84. The number of carbonyl (C=O) groups is 1.